The van der Waals surface area contributed by atoms with Gasteiger partial charge >= 0.3 is 5.97 Å². The molecule has 0 amide bonds. The summed E-state index contributed by atoms with van der Waals surface area (Å²) in [7, 11) is 0. The van der Waals surface area contributed by atoms with Crippen LogP contribution in [0.3, 0.4) is 0 Å². The minimum Gasteiger partial charge on any atom is -0.463 e. The molecule has 0 heterocycles. The Balaban J connectivity index is 0. The number of hydrogen-bond acceptors (Lipinski definition) is 3. The maximum absolute atomic E-state index is 11.0. The molecule has 0 aliphatic rings. The van der Waals surface area contributed by atoms with Crippen LogP contribution in [-0.4, -0.2) is 24.8 Å². The van der Waals surface area contributed by atoms with Crippen LogP contribution in [-0.2, 0) is 14.3 Å². The smallest absolute Gasteiger partial charge is 0.305 e. The Morgan fingerprint density at radius 1 is 1.20 bits per heavy atom. The number of carbonyl (C=O) groups excluding carboxylic acids is 1. The summed E-state index contributed by atoms with van der Waals surface area (Å²) in [6.07, 6.45) is 2.44. The van der Waals surface area contributed by atoms with Crippen molar-refractivity contribution in [3.05, 3.63) is 0 Å². The predicted octanol–water partition coefficient (Wildman–Crippen LogP) is 3.17. The van der Waals surface area contributed by atoms with E-state index >= 15 is 0 Å². The molecule has 0 saturated carbocycles. The molecule has 0 N–H and O–H groups in total. The van der Waals surface area contributed by atoms with Crippen LogP contribution in [0, 0.1) is 0 Å². The molecule has 0 aromatic heterocycles. The van der Waals surface area contributed by atoms with Gasteiger partial charge in [0.1, 0.15) is 6.61 Å². The first-order chi connectivity index (χ1) is 6.45. The Bertz CT molecular complexity index is 159. The highest BCUT2D eigenvalue weighted by atomic mass is 16.6. The average Bonchev–Trinajstić information content (AvgIpc) is 2.07. The van der Waals surface area contributed by atoms with E-state index in [9.17, 15) is 4.79 Å². The van der Waals surface area contributed by atoms with Crippen LogP contribution in [0.15, 0.2) is 0 Å². The highest BCUT2D eigenvalue weighted by molar-refractivity contribution is 5.69. The maximum atomic E-state index is 11.0. The van der Waals surface area contributed by atoms with Gasteiger partial charge in [-0.2, -0.15) is 0 Å². The number of unbranched alkanes of at least 4 members (excludes halogenated alkanes) is 1. The van der Waals surface area contributed by atoms with E-state index < -0.39 is 0 Å². The molecule has 0 atom stereocenters. The molecule has 0 bridgehead atoms. The van der Waals surface area contributed by atoms with Gasteiger partial charge in [0.15, 0.2) is 0 Å². The Morgan fingerprint density at radius 3 is 2.27 bits per heavy atom. The van der Waals surface area contributed by atoms with E-state index in [0.717, 1.165) is 12.8 Å². The summed E-state index contributed by atoms with van der Waals surface area (Å²) in [6, 6.07) is 0. The van der Waals surface area contributed by atoms with Gasteiger partial charge in [-0.3, -0.25) is 4.79 Å². The van der Waals surface area contributed by atoms with Crippen LogP contribution in [0.4, 0.5) is 0 Å². The Labute approximate surface area is 94.1 Å². The fraction of sp³-hybridized carbons (Fsp3) is 0.917. The summed E-state index contributed by atoms with van der Waals surface area (Å²) in [5.41, 5.74) is -0.157. The van der Waals surface area contributed by atoms with E-state index in [2.05, 4.69) is 6.92 Å². The van der Waals surface area contributed by atoms with Crippen LogP contribution in [0.1, 0.15) is 54.4 Å². The van der Waals surface area contributed by atoms with Gasteiger partial charge < -0.3 is 9.47 Å². The van der Waals surface area contributed by atoms with Crippen molar-refractivity contribution >= 4 is 5.97 Å². The topological polar surface area (TPSA) is 35.5 Å². The molecule has 3 nitrogen and oxygen atoms in total. The summed E-state index contributed by atoms with van der Waals surface area (Å²) in [6.45, 7) is 8.82. The molecule has 0 aromatic rings. The molecule has 0 radical (unpaired) electrons. The third-order valence-corrected chi connectivity index (χ3v) is 1.62. The Hall–Kier alpha value is -0.570. The van der Waals surface area contributed by atoms with Crippen molar-refractivity contribution in [2.75, 3.05) is 13.2 Å². The molecule has 15 heavy (non-hydrogen) atoms. The van der Waals surface area contributed by atoms with Gasteiger partial charge in [0, 0.05) is 6.42 Å². The highest BCUT2D eigenvalue weighted by Crippen LogP contribution is 2.05. The molecule has 0 saturated heterocycles. The molecule has 0 spiro atoms. The summed E-state index contributed by atoms with van der Waals surface area (Å²) >= 11 is 0. The van der Waals surface area contributed by atoms with Crippen LogP contribution < -0.4 is 0 Å². The first-order valence-electron chi connectivity index (χ1n) is 5.25. The molecular weight excluding hydrogens is 192 g/mol. The zero-order valence-corrected chi connectivity index (χ0v) is 9.76. The number of ether oxygens (including phenoxy) is 2. The van der Waals surface area contributed by atoms with E-state index in [1.165, 1.54) is 0 Å². The second-order valence-electron chi connectivity index (χ2n) is 4.28. The molecule has 0 aliphatic heterocycles. The molecule has 0 aromatic carbocycles. The monoisotopic (exact) mass is 218 g/mol. The molecule has 3 heteroatoms. The minimum absolute atomic E-state index is 0. The standard InChI is InChI=1S/C11H22O3.CH4/c1-5-6-7-10(12)13-8-9-14-11(2,3)4;/h5-9H2,1-4H3;1H4. The Morgan fingerprint density at radius 2 is 1.80 bits per heavy atom. The lowest BCUT2D eigenvalue weighted by molar-refractivity contribution is -0.147. The summed E-state index contributed by atoms with van der Waals surface area (Å²) < 4.78 is 10.4. The van der Waals surface area contributed by atoms with Gasteiger partial charge in [0.25, 0.3) is 0 Å². The van der Waals surface area contributed by atoms with Gasteiger partial charge in [-0.05, 0) is 27.2 Å². The number of hydrogen-bond donors (Lipinski definition) is 0. The quantitative estimate of drug-likeness (QED) is 0.507. The molecule has 0 fully saturated rings. The van der Waals surface area contributed by atoms with Gasteiger partial charge in [-0.15, -0.1) is 0 Å². The summed E-state index contributed by atoms with van der Waals surface area (Å²) in [5.74, 6) is -0.121. The zero-order valence-electron chi connectivity index (χ0n) is 9.76. The van der Waals surface area contributed by atoms with E-state index in [4.69, 9.17) is 9.47 Å². The third kappa shape index (κ3) is 13.4. The molecule has 92 valence electrons. The third-order valence-electron chi connectivity index (χ3n) is 1.62. The molecule has 0 rings (SSSR count). The first-order valence-corrected chi connectivity index (χ1v) is 5.25. The molecular formula is C12H26O3. The lowest BCUT2D eigenvalue weighted by Gasteiger charge is -2.19. The van der Waals surface area contributed by atoms with Crippen molar-refractivity contribution in [2.45, 2.75) is 60.0 Å². The van der Waals surface area contributed by atoms with E-state index in [1.807, 2.05) is 20.8 Å². The SMILES string of the molecule is C.CCCCC(=O)OCCOC(C)(C)C. The number of rotatable bonds is 6. The van der Waals surface area contributed by atoms with Crippen molar-refractivity contribution in [1.29, 1.82) is 0 Å². The van der Waals surface area contributed by atoms with Crippen molar-refractivity contribution in [3.8, 4) is 0 Å². The largest absolute Gasteiger partial charge is 0.463 e. The molecule has 0 aliphatic carbocycles. The van der Waals surface area contributed by atoms with Gasteiger partial charge in [0.05, 0.1) is 12.2 Å². The van der Waals surface area contributed by atoms with E-state index in [0.29, 0.717) is 19.6 Å². The van der Waals surface area contributed by atoms with Gasteiger partial charge in [-0.1, -0.05) is 20.8 Å². The van der Waals surface area contributed by atoms with Gasteiger partial charge in [0.2, 0.25) is 0 Å². The average molecular weight is 218 g/mol. The Kier molecular flexibility index (Phi) is 9.79. The lowest BCUT2D eigenvalue weighted by atomic mass is 10.2. The van der Waals surface area contributed by atoms with E-state index in [1.54, 1.807) is 0 Å². The number of esters is 1. The maximum Gasteiger partial charge on any atom is 0.305 e. The minimum atomic E-state index is -0.157. The summed E-state index contributed by atoms with van der Waals surface area (Å²) in [4.78, 5) is 11.0. The van der Waals surface area contributed by atoms with Crippen LogP contribution in [0.25, 0.3) is 0 Å². The number of carbonyl (C=O) groups is 1. The fourth-order valence-electron chi connectivity index (χ4n) is 0.897. The van der Waals surface area contributed by atoms with Crippen molar-refractivity contribution in [2.24, 2.45) is 0 Å². The van der Waals surface area contributed by atoms with Crippen LogP contribution >= 0.6 is 0 Å². The zero-order chi connectivity index (χ0) is 11.0. The second kappa shape index (κ2) is 8.72. The fourth-order valence-corrected chi connectivity index (χ4v) is 0.897. The van der Waals surface area contributed by atoms with Crippen LogP contribution in [0.2, 0.25) is 0 Å². The van der Waals surface area contributed by atoms with Crippen molar-refractivity contribution < 1.29 is 14.3 Å². The predicted molar refractivity (Wildman–Crippen MR) is 62.9 cm³/mol. The van der Waals surface area contributed by atoms with Crippen molar-refractivity contribution in [1.82, 2.24) is 0 Å². The van der Waals surface area contributed by atoms with Crippen LogP contribution in [0.5, 0.6) is 0 Å². The highest BCUT2D eigenvalue weighted by Gasteiger charge is 2.09. The van der Waals surface area contributed by atoms with Crippen molar-refractivity contribution in [3.63, 3.8) is 0 Å². The normalized spacial score (nSPS) is 10.7. The summed E-state index contributed by atoms with van der Waals surface area (Å²) in [5, 5.41) is 0. The van der Waals surface area contributed by atoms with Gasteiger partial charge in [-0.25, -0.2) is 0 Å². The molecule has 0 unspecified atom stereocenters. The lowest BCUT2D eigenvalue weighted by Crippen LogP contribution is -2.22. The van der Waals surface area contributed by atoms with E-state index in [-0.39, 0.29) is 19.0 Å². The first kappa shape index (κ1) is 16.8. The second-order valence-corrected chi connectivity index (χ2v) is 4.28.